The van der Waals surface area contributed by atoms with Crippen LogP contribution in [0.2, 0.25) is 0 Å². The molecule has 1 saturated heterocycles. The summed E-state index contributed by atoms with van der Waals surface area (Å²) in [4.78, 5) is 16.8. The minimum absolute atomic E-state index is 0.261. The molecule has 0 spiro atoms. The maximum atomic E-state index is 13.0. The Morgan fingerprint density at radius 1 is 1.44 bits per heavy atom. The van der Waals surface area contributed by atoms with Gasteiger partial charge in [0.1, 0.15) is 11.5 Å². The molecule has 6 heteroatoms. The maximum absolute atomic E-state index is 13.0. The number of nitrogens with zero attached hydrogens (tertiary/aromatic N) is 1. The fraction of sp³-hybridized carbons (Fsp3) is 0.421. The quantitative estimate of drug-likeness (QED) is 0.789. The summed E-state index contributed by atoms with van der Waals surface area (Å²) in [6, 6.07) is 8.08. The van der Waals surface area contributed by atoms with Crippen molar-refractivity contribution in [2.45, 2.75) is 38.0 Å². The van der Waals surface area contributed by atoms with Gasteiger partial charge in [-0.05, 0) is 55.1 Å². The van der Waals surface area contributed by atoms with E-state index in [9.17, 15) is 14.3 Å². The first-order chi connectivity index (χ1) is 12.1. The number of hydrogen-bond acceptors (Lipinski definition) is 4. The number of ether oxygens (including phenoxy) is 1. The van der Waals surface area contributed by atoms with Gasteiger partial charge in [0, 0.05) is 18.8 Å². The van der Waals surface area contributed by atoms with E-state index in [0.29, 0.717) is 18.7 Å². The number of rotatable bonds is 6. The molecule has 1 fully saturated rings. The molecular weight excluding hydrogens is 323 g/mol. The van der Waals surface area contributed by atoms with Gasteiger partial charge in [-0.3, -0.25) is 4.90 Å². The lowest BCUT2D eigenvalue weighted by Crippen LogP contribution is -2.30. The number of H-pyrrole nitrogens is 1. The second-order valence-electron chi connectivity index (χ2n) is 6.48. The largest absolute Gasteiger partial charge is 0.464 e. The zero-order valence-corrected chi connectivity index (χ0v) is 14.2. The zero-order chi connectivity index (χ0) is 17.8. The molecule has 2 aromatic rings. The van der Waals surface area contributed by atoms with Crippen molar-refractivity contribution in [3.05, 3.63) is 59.2 Å². The minimum Gasteiger partial charge on any atom is -0.464 e. The van der Waals surface area contributed by atoms with Gasteiger partial charge in [0.15, 0.2) is 0 Å². The lowest BCUT2D eigenvalue weighted by Gasteiger charge is -2.26. The standard InChI is InChI=1S/C19H23FN2O3/c1-25-19(24)17-9-13(11-21-17)12-22-8-2-3-16(22)10-18(23)14-4-6-15(20)7-5-14/h4-7,9,11,16,18,21,23H,2-3,8,10,12H2,1H3. The summed E-state index contributed by atoms with van der Waals surface area (Å²) in [5, 5.41) is 10.4. The number of esters is 1. The van der Waals surface area contributed by atoms with Crippen LogP contribution < -0.4 is 0 Å². The Morgan fingerprint density at radius 3 is 2.92 bits per heavy atom. The number of halogens is 1. The third kappa shape index (κ3) is 4.27. The highest BCUT2D eigenvalue weighted by atomic mass is 19.1. The van der Waals surface area contributed by atoms with Crippen LogP contribution >= 0.6 is 0 Å². The van der Waals surface area contributed by atoms with Crippen molar-refractivity contribution < 1.29 is 19.0 Å². The molecule has 0 bridgehead atoms. The predicted molar refractivity (Wildman–Crippen MR) is 91.5 cm³/mol. The monoisotopic (exact) mass is 346 g/mol. The summed E-state index contributed by atoms with van der Waals surface area (Å²) in [5.74, 6) is -0.678. The molecule has 134 valence electrons. The molecule has 0 aliphatic carbocycles. The number of carbonyl (C=O) groups is 1. The van der Waals surface area contributed by atoms with E-state index in [2.05, 4.69) is 9.88 Å². The van der Waals surface area contributed by atoms with Gasteiger partial charge < -0.3 is 14.8 Å². The molecule has 0 amide bonds. The topological polar surface area (TPSA) is 65.6 Å². The Bertz CT molecular complexity index is 714. The lowest BCUT2D eigenvalue weighted by molar-refractivity contribution is 0.0594. The van der Waals surface area contributed by atoms with Gasteiger partial charge in [0.2, 0.25) is 0 Å². The van der Waals surface area contributed by atoms with Gasteiger partial charge >= 0.3 is 5.97 Å². The number of hydrogen-bond donors (Lipinski definition) is 2. The zero-order valence-electron chi connectivity index (χ0n) is 14.2. The molecule has 2 heterocycles. The van der Waals surface area contributed by atoms with Gasteiger partial charge in [-0.25, -0.2) is 9.18 Å². The summed E-state index contributed by atoms with van der Waals surface area (Å²) in [7, 11) is 1.36. The number of methoxy groups -OCH3 is 1. The summed E-state index contributed by atoms with van der Waals surface area (Å²) < 4.78 is 17.7. The highest BCUT2D eigenvalue weighted by Gasteiger charge is 2.27. The van der Waals surface area contributed by atoms with Crippen molar-refractivity contribution in [2.24, 2.45) is 0 Å². The van der Waals surface area contributed by atoms with Gasteiger partial charge in [0.05, 0.1) is 13.2 Å². The second-order valence-corrected chi connectivity index (χ2v) is 6.48. The molecule has 1 aromatic heterocycles. The number of benzene rings is 1. The molecule has 25 heavy (non-hydrogen) atoms. The van der Waals surface area contributed by atoms with Crippen molar-refractivity contribution in [1.82, 2.24) is 9.88 Å². The van der Waals surface area contributed by atoms with Gasteiger partial charge in [-0.1, -0.05) is 12.1 Å². The molecule has 2 atom stereocenters. The van der Waals surface area contributed by atoms with Crippen LogP contribution in [0.1, 0.15) is 47.0 Å². The first-order valence-corrected chi connectivity index (χ1v) is 8.50. The Morgan fingerprint density at radius 2 is 2.20 bits per heavy atom. The summed E-state index contributed by atoms with van der Waals surface area (Å²) >= 11 is 0. The van der Waals surface area contributed by atoms with E-state index in [4.69, 9.17) is 4.74 Å². The first kappa shape index (κ1) is 17.6. The average molecular weight is 346 g/mol. The van der Waals surface area contributed by atoms with E-state index >= 15 is 0 Å². The smallest absolute Gasteiger partial charge is 0.354 e. The Labute approximate surface area is 146 Å². The molecule has 5 nitrogen and oxygen atoms in total. The van der Waals surface area contributed by atoms with Crippen molar-refractivity contribution in [3.63, 3.8) is 0 Å². The van der Waals surface area contributed by atoms with E-state index in [-0.39, 0.29) is 17.8 Å². The van der Waals surface area contributed by atoms with Crippen molar-refractivity contribution in [2.75, 3.05) is 13.7 Å². The number of carbonyl (C=O) groups excluding carboxylic acids is 1. The highest BCUT2D eigenvalue weighted by Crippen LogP contribution is 2.28. The third-order valence-corrected chi connectivity index (χ3v) is 4.78. The van der Waals surface area contributed by atoms with Crippen molar-refractivity contribution >= 4 is 5.97 Å². The third-order valence-electron chi connectivity index (χ3n) is 4.78. The molecular formula is C19H23FN2O3. The number of aliphatic hydroxyl groups excluding tert-OH is 1. The van der Waals surface area contributed by atoms with Crippen LogP contribution in [-0.4, -0.2) is 40.7 Å². The molecule has 0 saturated carbocycles. The van der Waals surface area contributed by atoms with Crippen LogP contribution in [0.3, 0.4) is 0 Å². The Balaban J connectivity index is 1.61. The van der Waals surface area contributed by atoms with E-state index in [1.165, 1.54) is 19.2 Å². The number of aromatic nitrogens is 1. The van der Waals surface area contributed by atoms with Crippen LogP contribution in [0.5, 0.6) is 0 Å². The fourth-order valence-electron chi connectivity index (χ4n) is 3.44. The Kier molecular flexibility index (Phi) is 5.50. The van der Waals surface area contributed by atoms with Crippen molar-refractivity contribution in [1.29, 1.82) is 0 Å². The highest BCUT2D eigenvalue weighted by molar-refractivity contribution is 5.87. The van der Waals surface area contributed by atoms with Crippen LogP contribution in [0, 0.1) is 5.82 Å². The predicted octanol–water partition coefficient (Wildman–Crippen LogP) is 3.03. The molecule has 2 N–H and O–H groups in total. The second kappa shape index (κ2) is 7.80. The average Bonchev–Trinajstić information content (AvgIpc) is 3.25. The Hall–Kier alpha value is -2.18. The summed E-state index contributed by atoms with van der Waals surface area (Å²) in [6.07, 6.45) is 3.92. The van der Waals surface area contributed by atoms with Crippen LogP contribution in [0.4, 0.5) is 4.39 Å². The number of aromatic amines is 1. The number of aliphatic hydroxyl groups is 1. The maximum Gasteiger partial charge on any atom is 0.354 e. The van der Waals surface area contributed by atoms with E-state index in [1.54, 1.807) is 18.2 Å². The molecule has 3 rings (SSSR count). The number of nitrogens with one attached hydrogen (secondary N) is 1. The lowest BCUT2D eigenvalue weighted by atomic mass is 10.0. The van der Waals surface area contributed by atoms with E-state index < -0.39 is 6.10 Å². The van der Waals surface area contributed by atoms with Gasteiger partial charge in [-0.2, -0.15) is 0 Å². The van der Waals surface area contributed by atoms with E-state index in [1.807, 2.05) is 6.20 Å². The van der Waals surface area contributed by atoms with Crippen LogP contribution in [0.25, 0.3) is 0 Å². The minimum atomic E-state index is -0.608. The molecule has 1 aliphatic heterocycles. The fourth-order valence-corrected chi connectivity index (χ4v) is 3.44. The normalized spacial score (nSPS) is 19.1. The van der Waals surface area contributed by atoms with Gasteiger partial charge in [0.25, 0.3) is 0 Å². The van der Waals surface area contributed by atoms with Crippen molar-refractivity contribution in [3.8, 4) is 0 Å². The molecule has 2 unspecified atom stereocenters. The SMILES string of the molecule is COC(=O)c1cc(CN2CCCC2CC(O)c2ccc(F)cc2)c[nH]1. The van der Waals surface area contributed by atoms with Crippen LogP contribution in [0.15, 0.2) is 36.5 Å². The summed E-state index contributed by atoms with van der Waals surface area (Å²) in [6.45, 7) is 1.67. The molecule has 1 aliphatic rings. The molecule has 0 radical (unpaired) electrons. The summed E-state index contributed by atoms with van der Waals surface area (Å²) in [5.41, 5.74) is 2.20. The first-order valence-electron chi connectivity index (χ1n) is 8.50. The molecule has 1 aromatic carbocycles. The van der Waals surface area contributed by atoms with E-state index in [0.717, 1.165) is 30.5 Å². The van der Waals surface area contributed by atoms with Gasteiger partial charge in [-0.15, -0.1) is 0 Å². The number of likely N-dealkylation sites (tertiary alicyclic amines) is 1. The van der Waals surface area contributed by atoms with Crippen LogP contribution in [-0.2, 0) is 11.3 Å².